The van der Waals surface area contributed by atoms with Gasteiger partial charge >= 0.3 is 17.9 Å². The first-order chi connectivity index (χ1) is 15.7. The Morgan fingerprint density at radius 1 is 1.15 bits per heavy atom. The van der Waals surface area contributed by atoms with Gasteiger partial charge in [0, 0.05) is 24.6 Å². The topological polar surface area (TPSA) is 117 Å². The molecule has 0 spiro atoms. The zero-order chi connectivity index (χ0) is 24.0. The highest BCUT2D eigenvalue weighted by Crippen LogP contribution is 2.50. The minimum Gasteiger partial charge on any atom is -0.478 e. The molecule has 184 valence electrons. The molecule has 0 radical (unpaired) electrons. The van der Waals surface area contributed by atoms with Crippen LogP contribution in [0, 0.1) is 11.8 Å². The van der Waals surface area contributed by atoms with E-state index in [0.717, 1.165) is 45.3 Å². The van der Waals surface area contributed by atoms with E-state index in [2.05, 4.69) is 24.8 Å². The van der Waals surface area contributed by atoms with Gasteiger partial charge in [0.2, 0.25) is 0 Å². The summed E-state index contributed by atoms with van der Waals surface area (Å²) < 4.78 is 12.0. The maximum absolute atomic E-state index is 12.7. The van der Waals surface area contributed by atoms with Crippen molar-refractivity contribution in [1.82, 2.24) is 4.90 Å². The molecule has 5 atom stereocenters. The molecule has 0 bridgehead atoms. The Hall–Kier alpha value is -2.19. The summed E-state index contributed by atoms with van der Waals surface area (Å²) in [7, 11) is 0. The van der Waals surface area contributed by atoms with Crippen molar-refractivity contribution in [3.05, 3.63) is 23.8 Å². The van der Waals surface area contributed by atoms with Crippen molar-refractivity contribution in [2.45, 2.75) is 83.0 Å². The third-order valence-electron chi connectivity index (χ3n) is 7.26. The average Bonchev–Trinajstić information content (AvgIpc) is 3.41. The summed E-state index contributed by atoms with van der Waals surface area (Å²) in [5, 5.41) is 15.6. The Balaban J connectivity index is 0.000000331. The van der Waals surface area contributed by atoms with E-state index in [1.54, 1.807) is 0 Å². The summed E-state index contributed by atoms with van der Waals surface area (Å²) in [5.74, 6) is -2.15. The number of carbonyl (C=O) groups is 3. The molecular formula is C25H37NO7. The van der Waals surface area contributed by atoms with Crippen LogP contribution in [0.5, 0.6) is 0 Å². The second-order valence-electron chi connectivity index (χ2n) is 9.88. The van der Waals surface area contributed by atoms with E-state index in [-0.39, 0.29) is 29.7 Å². The van der Waals surface area contributed by atoms with Crippen LogP contribution in [0.1, 0.15) is 65.2 Å². The Bertz CT molecular complexity index is 768. The van der Waals surface area contributed by atoms with Crippen LogP contribution in [0.2, 0.25) is 0 Å². The number of likely N-dealkylation sites (tertiary alicyclic amines) is 1. The molecule has 0 amide bonds. The molecule has 3 aliphatic heterocycles. The Morgan fingerprint density at radius 3 is 2.39 bits per heavy atom. The molecule has 0 unspecified atom stereocenters. The third-order valence-corrected chi connectivity index (χ3v) is 7.26. The molecular weight excluding hydrogens is 426 g/mol. The SMILES string of the molecule is C/C1=C/CC[C@@]2(C)O[C@H]2[C@H]2OC(=O)[C@@H](CN3CCCCCC3)[C@@H]2CC1.O=C(O)/C=C/C(=O)O. The number of hydrogen-bond donors (Lipinski definition) is 2. The first kappa shape index (κ1) is 25.4. The molecule has 0 saturated carbocycles. The molecule has 2 N–H and O–H groups in total. The van der Waals surface area contributed by atoms with Gasteiger partial charge < -0.3 is 24.6 Å². The van der Waals surface area contributed by atoms with E-state index in [4.69, 9.17) is 19.7 Å². The minimum absolute atomic E-state index is 0.0259. The third kappa shape index (κ3) is 7.14. The molecule has 0 aromatic heterocycles. The van der Waals surface area contributed by atoms with E-state index in [9.17, 15) is 14.4 Å². The van der Waals surface area contributed by atoms with Crippen molar-refractivity contribution >= 4 is 17.9 Å². The van der Waals surface area contributed by atoms with Gasteiger partial charge in [-0.15, -0.1) is 0 Å². The lowest BCUT2D eigenvalue weighted by Gasteiger charge is -2.27. The van der Waals surface area contributed by atoms with Gasteiger partial charge in [-0.05, 0) is 65.5 Å². The molecule has 0 aromatic carbocycles. The van der Waals surface area contributed by atoms with Gasteiger partial charge in [-0.1, -0.05) is 24.5 Å². The highest BCUT2D eigenvalue weighted by molar-refractivity contribution is 5.89. The fraction of sp³-hybridized carbons (Fsp3) is 0.720. The maximum atomic E-state index is 12.7. The first-order valence-electron chi connectivity index (χ1n) is 12.1. The Kier molecular flexibility index (Phi) is 8.70. The minimum atomic E-state index is -1.26. The highest BCUT2D eigenvalue weighted by Gasteiger charge is 2.62. The Morgan fingerprint density at radius 2 is 1.79 bits per heavy atom. The number of epoxide rings is 1. The molecule has 4 aliphatic rings. The lowest BCUT2D eigenvalue weighted by atomic mass is 9.80. The number of nitrogens with zero attached hydrogens (tertiary/aromatic N) is 1. The molecule has 3 heterocycles. The van der Waals surface area contributed by atoms with Gasteiger partial charge in [0.1, 0.15) is 12.2 Å². The summed E-state index contributed by atoms with van der Waals surface area (Å²) in [5.41, 5.74) is 1.36. The van der Waals surface area contributed by atoms with E-state index >= 15 is 0 Å². The smallest absolute Gasteiger partial charge is 0.328 e. The molecule has 3 saturated heterocycles. The van der Waals surface area contributed by atoms with Crippen molar-refractivity contribution in [3.8, 4) is 0 Å². The highest BCUT2D eigenvalue weighted by atomic mass is 16.6. The quantitative estimate of drug-likeness (QED) is 0.282. The van der Waals surface area contributed by atoms with E-state index in [0.29, 0.717) is 18.1 Å². The van der Waals surface area contributed by atoms with Crippen LogP contribution in [0.4, 0.5) is 0 Å². The maximum Gasteiger partial charge on any atom is 0.328 e. The summed E-state index contributed by atoms with van der Waals surface area (Å²) >= 11 is 0. The summed E-state index contributed by atoms with van der Waals surface area (Å²) in [6.45, 7) is 7.57. The summed E-state index contributed by atoms with van der Waals surface area (Å²) in [6, 6.07) is 0. The number of carbonyl (C=O) groups excluding carboxylic acids is 1. The van der Waals surface area contributed by atoms with Gasteiger partial charge in [0.05, 0.1) is 11.5 Å². The van der Waals surface area contributed by atoms with Crippen molar-refractivity contribution < 1.29 is 34.1 Å². The standard InChI is InChI=1S/C21H33NO3.C4H4O4/c1-15-8-7-11-21(2)19(25-21)18-16(10-9-15)17(20(23)24-18)14-22-12-5-3-4-6-13-22;5-3(6)1-2-4(7)8/h8,16-19H,3-7,9-14H2,1-2H3;1-2H,(H,5,6)(H,7,8)/b15-8-;2-1+/t16-,17-,18-,19-,21+;/m0./s1. The van der Waals surface area contributed by atoms with E-state index < -0.39 is 11.9 Å². The van der Waals surface area contributed by atoms with E-state index in [1.165, 1.54) is 31.3 Å². The zero-order valence-corrected chi connectivity index (χ0v) is 19.7. The monoisotopic (exact) mass is 463 g/mol. The predicted octanol–water partition coefficient (Wildman–Crippen LogP) is 3.41. The van der Waals surface area contributed by atoms with Crippen LogP contribution < -0.4 is 0 Å². The van der Waals surface area contributed by atoms with Gasteiger partial charge in [-0.25, -0.2) is 9.59 Å². The van der Waals surface area contributed by atoms with Crippen LogP contribution in [0.15, 0.2) is 23.8 Å². The van der Waals surface area contributed by atoms with Crippen molar-refractivity contribution in [1.29, 1.82) is 0 Å². The first-order valence-corrected chi connectivity index (χ1v) is 12.1. The van der Waals surface area contributed by atoms with Crippen molar-refractivity contribution in [2.75, 3.05) is 19.6 Å². The summed E-state index contributed by atoms with van der Waals surface area (Å²) in [6.07, 6.45) is 13.0. The van der Waals surface area contributed by atoms with Gasteiger partial charge in [0.15, 0.2) is 0 Å². The fourth-order valence-corrected chi connectivity index (χ4v) is 5.29. The number of rotatable bonds is 4. The number of esters is 1. The normalized spacial score (nSPS) is 36.2. The van der Waals surface area contributed by atoms with Gasteiger partial charge in [-0.2, -0.15) is 0 Å². The predicted molar refractivity (Wildman–Crippen MR) is 122 cm³/mol. The van der Waals surface area contributed by atoms with Crippen molar-refractivity contribution in [2.24, 2.45) is 11.8 Å². The molecule has 4 rings (SSSR count). The lowest BCUT2D eigenvalue weighted by Crippen LogP contribution is -2.37. The molecule has 8 nitrogen and oxygen atoms in total. The number of carboxylic acids is 2. The number of allylic oxidation sites excluding steroid dienone is 2. The van der Waals surface area contributed by atoms with Gasteiger partial charge in [-0.3, -0.25) is 4.79 Å². The number of hydrogen-bond acceptors (Lipinski definition) is 6. The lowest BCUT2D eigenvalue weighted by molar-refractivity contribution is -0.145. The fourth-order valence-electron chi connectivity index (χ4n) is 5.29. The van der Waals surface area contributed by atoms with Crippen LogP contribution in [0.25, 0.3) is 0 Å². The molecule has 8 heteroatoms. The molecule has 1 aliphatic carbocycles. The van der Waals surface area contributed by atoms with Crippen LogP contribution >= 0.6 is 0 Å². The number of ether oxygens (including phenoxy) is 2. The largest absolute Gasteiger partial charge is 0.478 e. The second kappa shape index (κ2) is 11.3. The van der Waals surface area contributed by atoms with Crippen LogP contribution in [0.3, 0.4) is 0 Å². The Labute approximate surface area is 195 Å². The molecule has 3 fully saturated rings. The van der Waals surface area contributed by atoms with Crippen molar-refractivity contribution in [3.63, 3.8) is 0 Å². The zero-order valence-electron chi connectivity index (χ0n) is 19.7. The number of carboxylic acid groups (broad SMARTS) is 2. The van der Waals surface area contributed by atoms with Gasteiger partial charge in [0.25, 0.3) is 0 Å². The van der Waals surface area contributed by atoms with Crippen LogP contribution in [-0.4, -0.2) is 70.5 Å². The average molecular weight is 464 g/mol. The number of aliphatic carboxylic acids is 2. The van der Waals surface area contributed by atoms with Crippen LogP contribution in [-0.2, 0) is 23.9 Å². The second-order valence-corrected chi connectivity index (χ2v) is 9.88. The number of fused-ring (bicyclic) bond motifs is 3. The molecule has 0 aromatic rings. The molecule has 33 heavy (non-hydrogen) atoms. The van der Waals surface area contributed by atoms with E-state index in [1.807, 2.05) is 0 Å². The summed E-state index contributed by atoms with van der Waals surface area (Å²) in [4.78, 5) is 34.3.